The van der Waals surface area contributed by atoms with Gasteiger partial charge in [-0.1, -0.05) is 71.9 Å². The van der Waals surface area contributed by atoms with Gasteiger partial charge in [0.05, 0.1) is 12.8 Å². The Hall–Kier alpha value is -3.62. The number of halogens is 1. The molecule has 0 aromatic heterocycles. The maximum atomic E-state index is 13.0. The van der Waals surface area contributed by atoms with Crippen LogP contribution in [0.5, 0.6) is 5.75 Å². The van der Waals surface area contributed by atoms with Crippen molar-refractivity contribution in [1.82, 2.24) is 10.2 Å². The van der Waals surface area contributed by atoms with Crippen LogP contribution < -0.4 is 10.1 Å². The number of amides is 2. The highest BCUT2D eigenvalue weighted by Gasteiger charge is 2.41. The summed E-state index contributed by atoms with van der Waals surface area (Å²) in [4.78, 5) is 36.9. The number of thioether (sulfide) groups is 1. The third-order valence-corrected chi connectivity index (χ3v) is 7.61. The number of nitrogens with one attached hydrogen (secondary N) is 1. The normalized spacial score (nSPS) is 16.0. The Morgan fingerprint density at radius 1 is 1.03 bits per heavy atom. The molecule has 1 atom stereocenters. The fourth-order valence-electron chi connectivity index (χ4n) is 4.33. The monoisotopic (exact) mass is 532 g/mol. The van der Waals surface area contributed by atoms with Gasteiger partial charge >= 0.3 is 0 Å². The molecular weight excluding hydrogens is 508 g/mol. The molecule has 2 aliphatic heterocycles. The zero-order valence-corrected chi connectivity index (χ0v) is 21.8. The lowest BCUT2D eigenvalue weighted by molar-refractivity contribution is -0.122. The summed E-state index contributed by atoms with van der Waals surface area (Å²) in [6.45, 7) is 0.348. The zero-order chi connectivity index (χ0) is 25.8. The van der Waals surface area contributed by atoms with Gasteiger partial charge in [-0.15, -0.1) is 0 Å². The first-order chi connectivity index (χ1) is 18.0. The van der Waals surface area contributed by atoms with Crippen molar-refractivity contribution in [3.05, 3.63) is 94.5 Å². The van der Waals surface area contributed by atoms with Crippen LogP contribution in [-0.2, 0) is 21.9 Å². The van der Waals surface area contributed by atoms with E-state index >= 15 is 0 Å². The number of ether oxygens (including phenoxy) is 1. The van der Waals surface area contributed by atoms with Crippen LogP contribution >= 0.6 is 23.4 Å². The van der Waals surface area contributed by atoms with E-state index in [-0.39, 0.29) is 18.2 Å². The number of carbonyl (C=O) groups excluding carboxylic acids is 2. The topological polar surface area (TPSA) is 83.4 Å². The van der Waals surface area contributed by atoms with Gasteiger partial charge in [-0.3, -0.25) is 14.5 Å². The van der Waals surface area contributed by atoms with Crippen LogP contribution in [0.1, 0.15) is 29.5 Å². The van der Waals surface area contributed by atoms with E-state index in [0.717, 1.165) is 28.1 Å². The molecule has 188 valence electrons. The SMILES string of the molecule is COc1ccccc1CNC(=O)CCC1C(=O)N=C2c3ccccc3N=C(SCc3ccccc3Cl)N21. The van der Waals surface area contributed by atoms with Gasteiger partial charge in [-0.05, 0) is 36.2 Å². The molecular formula is C28H25ClN4O3S. The standard InChI is InChI=1S/C28H25ClN4O3S/c1-36-24-13-7-3-8-18(24)16-30-25(34)15-14-23-27(35)32-26-20-10-4-6-12-22(20)31-28(33(23)26)37-17-19-9-2-5-11-21(19)29/h2-13,23H,14-17H2,1H3,(H,30,34). The number of para-hydroxylation sites is 2. The molecule has 0 bridgehead atoms. The molecule has 37 heavy (non-hydrogen) atoms. The minimum atomic E-state index is -0.599. The number of aliphatic imine (C=N–C) groups is 2. The highest BCUT2D eigenvalue weighted by atomic mass is 35.5. The fraction of sp³-hybridized carbons (Fsp3) is 0.214. The van der Waals surface area contributed by atoms with E-state index in [0.29, 0.717) is 34.7 Å². The molecule has 2 aliphatic rings. The molecule has 0 radical (unpaired) electrons. The number of amidine groups is 2. The molecule has 2 amide bonds. The van der Waals surface area contributed by atoms with Crippen molar-refractivity contribution >= 4 is 51.9 Å². The lowest BCUT2D eigenvalue weighted by atomic mass is 10.1. The number of hydrogen-bond donors (Lipinski definition) is 1. The maximum absolute atomic E-state index is 13.0. The van der Waals surface area contributed by atoms with Crippen molar-refractivity contribution in [2.24, 2.45) is 9.98 Å². The summed E-state index contributed by atoms with van der Waals surface area (Å²) in [7, 11) is 1.60. The highest BCUT2D eigenvalue weighted by molar-refractivity contribution is 8.13. The maximum Gasteiger partial charge on any atom is 0.270 e. The molecule has 3 aromatic carbocycles. The van der Waals surface area contributed by atoms with E-state index < -0.39 is 6.04 Å². The van der Waals surface area contributed by atoms with Gasteiger partial charge in [0.25, 0.3) is 5.91 Å². The van der Waals surface area contributed by atoms with E-state index in [1.807, 2.05) is 77.7 Å². The second kappa shape index (κ2) is 11.2. The Bertz CT molecular complexity index is 1410. The summed E-state index contributed by atoms with van der Waals surface area (Å²) >= 11 is 7.87. The molecule has 0 saturated carbocycles. The first kappa shape index (κ1) is 25.0. The molecule has 0 spiro atoms. The lowest BCUT2D eigenvalue weighted by Gasteiger charge is -2.31. The fourth-order valence-corrected chi connectivity index (χ4v) is 5.67. The minimum Gasteiger partial charge on any atom is -0.496 e. The van der Waals surface area contributed by atoms with E-state index in [9.17, 15) is 9.59 Å². The van der Waals surface area contributed by atoms with Crippen molar-refractivity contribution in [1.29, 1.82) is 0 Å². The molecule has 0 aliphatic carbocycles. The van der Waals surface area contributed by atoms with Gasteiger partial charge in [0, 0.05) is 34.9 Å². The average molecular weight is 533 g/mol. The van der Waals surface area contributed by atoms with Crippen molar-refractivity contribution in [3.8, 4) is 5.75 Å². The number of fused-ring (bicyclic) bond motifs is 3. The van der Waals surface area contributed by atoms with Gasteiger partial charge in [0.15, 0.2) is 5.17 Å². The minimum absolute atomic E-state index is 0.147. The molecule has 5 rings (SSSR count). The Labute approximate surface area is 224 Å². The second-order valence-electron chi connectivity index (χ2n) is 8.58. The first-order valence-corrected chi connectivity index (χ1v) is 13.3. The number of hydrogen-bond acceptors (Lipinski definition) is 6. The zero-order valence-electron chi connectivity index (χ0n) is 20.2. The summed E-state index contributed by atoms with van der Waals surface area (Å²) in [6, 6.07) is 22.2. The van der Waals surface area contributed by atoms with E-state index in [1.54, 1.807) is 7.11 Å². The largest absolute Gasteiger partial charge is 0.496 e. The molecule has 9 heteroatoms. The van der Waals surface area contributed by atoms with Gasteiger partial charge in [-0.25, -0.2) is 4.99 Å². The smallest absolute Gasteiger partial charge is 0.270 e. The summed E-state index contributed by atoms with van der Waals surface area (Å²) in [5.74, 6) is 1.47. The second-order valence-corrected chi connectivity index (χ2v) is 9.93. The van der Waals surface area contributed by atoms with Crippen LogP contribution in [0.3, 0.4) is 0 Å². The number of benzene rings is 3. The first-order valence-electron chi connectivity index (χ1n) is 11.9. The van der Waals surface area contributed by atoms with Crippen LogP contribution in [0.2, 0.25) is 5.02 Å². The van der Waals surface area contributed by atoms with Gasteiger partial charge in [0.2, 0.25) is 5.91 Å². The molecule has 3 aromatic rings. The van der Waals surface area contributed by atoms with Crippen LogP contribution in [-0.4, -0.2) is 40.9 Å². The molecule has 2 heterocycles. The molecule has 7 nitrogen and oxygen atoms in total. The predicted octanol–water partition coefficient (Wildman–Crippen LogP) is 5.34. The average Bonchev–Trinajstić information content (AvgIpc) is 3.26. The molecule has 0 saturated heterocycles. The number of rotatable bonds is 8. The van der Waals surface area contributed by atoms with Gasteiger partial charge in [0.1, 0.15) is 17.6 Å². The summed E-state index contributed by atoms with van der Waals surface area (Å²) < 4.78 is 5.35. The number of carbonyl (C=O) groups is 2. The highest BCUT2D eigenvalue weighted by Crippen LogP contribution is 2.36. The number of methoxy groups -OCH3 is 1. The molecule has 1 N–H and O–H groups in total. The summed E-state index contributed by atoms with van der Waals surface area (Å²) in [5, 5.41) is 4.28. The van der Waals surface area contributed by atoms with Crippen molar-refractivity contribution in [3.63, 3.8) is 0 Å². The Morgan fingerprint density at radius 3 is 2.57 bits per heavy atom. The van der Waals surface area contributed by atoms with Crippen LogP contribution in [0.25, 0.3) is 0 Å². The third-order valence-electron chi connectivity index (χ3n) is 6.24. The summed E-state index contributed by atoms with van der Waals surface area (Å²) in [6.07, 6.45) is 0.492. The summed E-state index contributed by atoms with van der Waals surface area (Å²) in [5.41, 5.74) is 3.44. The predicted molar refractivity (Wildman–Crippen MR) is 148 cm³/mol. The number of nitrogens with zero attached hydrogens (tertiary/aromatic N) is 3. The molecule has 0 fully saturated rings. The molecule has 1 unspecified atom stereocenters. The Kier molecular flexibility index (Phi) is 7.58. The van der Waals surface area contributed by atoms with E-state index in [4.69, 9.17) is 21.3 Å². The Morgan fingerprint density at radius 2 is 1.76 bits per heavy atom. The van der Waals surface area contributed by atoms with Crippen LogP contribution in [0.15, 0.2) is 82.8 Å². The van der Waals surface area contributed by atoms with E-state index in [1.165, 1.54) is 11.8 Å². The quantitative estimate of drug-likeness (QED) is 0.423. The van der Waals surface area contributed by atoms with Gasteiger partial charge < -0.3 is 10.1 Å². The van der Waals surface area contributed by atoms with E-state index in [2.05, 4.69) is 10.3 Å². The Balaban J connectivity index is 1.30. The van der Waals surface area contributed by atoms with Crippen LogP contribution in [0.4, 0.5) is 5.69 Å². The third kappa shape index (κ3) is 5.40. The lowest BCUT2D eigenvalue weighted by Crippen LogP contribution is -2.44. The van der Waals surface area contributed by atoms with Gasteiger partial charge in [-0.2, -0.15) is 4.99 Å². The van der Waals surface area contributed by atoms with Crippen molar-refractivity contribution in [2.45, 2.75) is 31.2 Å². The van der Waals surface area contributed by atoms with Crippen LogP contribution in [0, 0.1) is 0 Å². The van der Waals surface area contributed by atoms with Crippen molar-refractivity contribution < 1.29 is 14.3 Å². The van der Waals surface area contributed by atoms with Crippen molar-refractivity contribution in [2.75, 3.05) is 7.11 Å².